The Kier molecular flexibility index (Phi) is 4.60. The Balaban J connectivity index is 1.73. The summed E-state index contributed by atoms with van der Waals surface area (Å²) in [4.78, 5) is 0. The van der Waals surface area contributed by atoms with Crippen molar-refractivity contribution < 1.29 is 9.16 Å². The van der Waals surface area contributed by atoms with Crippen LogP contribution in [0.5, 0.6) is 5.75 Å². The van der Waals surface area contributed by atoms with Gasteiger partial charge in [-0.15, -0.1) is 0 Å². The van der Waals surface area contributed by atoms with Gasteiger partial charge in [-0.25, -0.2) is 0 Å². The van der Waals surface area contributed by atoms with E-state index < -0.39 is 8.32 Å². The Labute approximate surface area is 124 Å². The molecule has 0 spiro atoms. The van der Waals surface area contributed by atoms with Crippen molar-refractivity contribution in [3.63, 3.8) is 0 Å². The van der Waals surface area contributed by atoms with Crippen molar-refractivity contribution in [2.24, 2.45) is 0 Å². The second-order valence-corrected chi connectivity index (χ2v) is 12.1. The molecule has 1 aromatic carbocycles. The summed E-state index contributed by atoms with van der Waals surface area (Å²) in [6.07, 6.45) is 2.70. The highest BCUT2D eigenvalue weighted by Gasteiger charge is 2.36. The van der Waals surface area contributed by atoms with Crippen LogP contribution in [0.2, 0.25) is 18.1 Å². The normalized spacial score (nSPS) is 16.2. The lowest BCUT2D eigenvalue weighted by Crippen LogP contribution is -2.41. The minimum Gasteiger partial charge on any atom is -0.491 e. The zero-order chi connectivity index (χ0) is 14.8. The molecule has 1 aromatic rings. The fourth-order valence-corrected chi connectivity index (χ4v) is 2.95. The van der Waals surface area contributed by atoms with E-state index >= 15 is 0 Å². The maximum atomic E-state index is 6.10. The molecule has 0 atom stereocenters. The molecule has 20 heavy (non-hydrogen) atoms. The van der Waals surface area contributed by atoms with Gasteiger partial charge in [-0.05, 0) is 54.6 Å². The van der Waals surface area contributed by atoms with Crippen LogP contribution in [0.15, 0.2) is 24.3 Å². The first-order valence-corrected chi connectivity index (χ1v) is 10.6. The number of benzene rings is 1. The monoisotopic (exact) mass is 292 g/mol. The second kappa shape index (κ2) is 5.90. The highest BCUT2D eigenvalue weighted by Crippen LogP contribution is 2.40. The van der Waals surface area contributed by atoms with Crippen molar-refractivity contribution >= 4 is 8.32 Å². The van der Waals surface area contributed by atoms with Gasteiger partial charge in [-0.2, -0.15) is 0 Å². The Hall–Kier alpha value is -0.803. The lowest BCUT2D eigenvalue weighted by molar-refractivity contribution is 0.203. The fourth-order valence-electron chi connectivity index (χ4n) is 1.93. The van der Waals surface area contributed by atoms with Gasteiger partial charge in [0.2, 0.25) is 0 Å². The van der Waals surface area contributed by atoms with Crippen LogP contribution < -0.4 is 4.74 Å². The molecule has 2 rings (SSSR count). The van der Waals surface area contributed by atoms with Crippen LogP contribution in [0.3, 0.4) is 0 Å². The summed E-state index contributed by atoms with van der Waals surface area (Å²) in [5.41, 5.74) is 1.45. The Morgan fingerprint density at radius 3 is 2.15 bits per heavy atom. The minimum absolute atomic E-state index is 0.263. The van der Waals surface area contributed by atoms with Gasteiger partial charge in [-0.3, -0.25) is 0 Å². The predicted molar refractivity (Wildman–Crippen MR) is 87.1 cm³/mol. The highest BCUT2D eigenvalue weighted by molar-refractivity contribution is 6.74. The summed E-state index contributed by atoms with van der Waals surface area (Å²) in [5, 5.41) is 0.263. The third-order valence-electron chi connectivity index (χ3n) is 4.55. The zero-order valence-corrected chi connectivity index (χ0v) is 14.5. The van der Waals surface area contributed by atoms with Gasteiger partial charge < -0.3 is 9.16 Å². The van der Waals surface area contributed by atoms with Crippen LogP contribution in [0.25, 0.3) is 0 Å². The van der Waals surface area contributed by atoms with Gasteiger partial charge >= 0.3 is 0 Å². The molecule has 0 saturated heterocycles. The maximum absolute atomic E-state index is 6.10. The van der Waals surface area contributed by atoms with Crippen molar-refractivity contribution in [1.29, 1.82) is 0 Å². The van der Waals surface area contributed by atoms with Gasteiger partial charge in [-0.1, -0.05) is 32.9 Å². The van der Waals surface area contributed by atoms with E-state index in [9.17, 15) is 0 Å². The quantitative estimate of drug-likeness (QED) is 0.544. The van der Waals surface area contributed by atoms with Crippen LogP contribution in [0, 0.1) is 0 Å². The van der Waals surface area contributed by atoms with Crippen LogP contribution >= 0.6 is 0 Å². The molecule has 0 bridgehead atoms. The third-order valence-corrected chi connectivity index (χ3v) is 9.09. The lowest BCUT2D eigenvalue weighted by atomic mass is 10.1. The maximum Gasteiger partial charge on any atom is 0.192 e. The average molecular weight is 292 g/mol. The van der Waals surface area contributed by atoms with Crippen molar-refractivity contribution in [2.75, 3.05) is 13.2 Å². The molecule has 0 aromatic heterocycles. The van der Waals surface area contributed by atoms with Crippen LogP contribution in [-0.4, -0.2) is 21.5 Å². The largest absolute Gasteiger partial charge is 0.491 e. The van der Waals surface area contributed by atoms with E-state index in [4.69, 9.17) is 9.16 Å². The van der Waals surface area contributed by atoms with E-state index in [2.05, 4.69) is 58.1 Å². The van der Waals surface area contributed by atoms with Crippen molar-refractivity contribution in [2.45, 2.75) is 57.7 Å². The summed E-state index contributed by atoms with van der Waals surface area (Å²) in [7, 11) is -1.64. The number of ether oxygens (including phenoxy) is 1. The first kappa shape index (κ1) is 15.6. The standard InChI is InChI=1S/C17H28O2Si/c1-17(2,3)20(4,5)19-13-12-18-16-10-8-15(9-11-16)14-6-7-14/h8-11,14H,6-7,12-13H2,1-5H3. The molecule has 1 saturated carbocycles. The molecular formula is C17H28O2Si. The van der Waals surface area contributed by atoms with Gasteiger partial charge in [0.15, 0.2) is 8.32 Å². The molecule has 0 unspecified atom stereocenters. The molecule has 1 aliphatic carbocycles. The zero-order valence-electron chi connectivity index (χ0n) is 13.5. The topological polar surface area (TPSA) is 18.5 Å². The van der Waals surface area contributed by atoms with E-state index in [0.717, 1.165) is 11.7 Å². The first-order valence-electron chi connectivity index (χ1n) is 7.66. The molecule has 112 valence electrons. The third kappa shape index (κ3) is 4.09. The number of hydrogen-bond donors (Lipinski definition) is 0. The van der Waals surface area contributed by atoms with E-state index in [-0.39, 0.29) is 5.04 Å². The predicted octanol–water partition coefficient (Wildman–Crippen LogP) is 4.96. The summed E-state index contributed by atoms with van der Waals surface area (Å²) in [6.45, 7) is 12.6. The highest BCUT2D eigenvalue weighted by atomic mass is 28.4. The minimum atomic E-state index is -1.64. The molecule has 3 heteroatoms. The Morgan fingerprint density at radius 1 is 1.05 bits per heavy atom. The molecule has 0 radical (unpaired) electrons. The smallest absolute Gasteiger partial charge is 0.192 e. The number of hydrogen-bond acceptors (Lipinski definition) is 2. The summed E-state index contributed by atoms with van der Waals surface area (Å²) >= 11 is 0. The van der Waals surface area contributed by atoms with Gasteiger partial charge in [0.05, 0.1) is 6.61 Å². The molecule has 0 amide bonds. The fraction of sp³-hybridized carbons (Fsp3) is 0.647. The second-order valence-electron chi connectivity index (χ2n) is 7.30. The first-order chi connectivity index (χ1) is 9.29. The molecule has 0 aliphatic heterocycles. The molecule has 2 nitrogen and oxygen atoms in total. The SMILES string of the molecule is CC(C)(C)[Si](C)(C)OCCOc1ccc(C2CC2)cc1. The van der Waals surface area contributed by atoms with Crippen molar-refractivity contribution in [1.82, 2.24) is 0 Å². The summed E-state index contributed by atoms with van der Waals surface area (Å²) in [5.74, 6) is 1.76. The summed E-state index contributed by atoms with van der Waals surface area (Å²) < 4.78 is 11.9. The summed E-state index contributed by atoms with van der Waals surface area (Å²) in [6, 6.07) is 8.56. The molecule has 1 fully saturated rings. The van der Waals surface area contributed by atoms with Crippen molar-refractivity contribution in [3.05, 3.63) is 29.8 Å². The van der Waals surface area contributed by atoms with E-state index in [1.807, 2.05) is 0 Å². The van der Waals surface area contributed by atoms with Crippen molar-refractivity contribution in [3.8, 4) is 5.75 Å². The van der Waals surface area contributed by atoms with Gasteiger partial charge in [0.1, 0.15) is 12.4 Å². The Morgan fingerprint density at radius 2 is 1.65 bits per heavy atom. The van der Waals surface area contributed by atoms with Gasteiger partial charge in [0, 0.05) is 0 Å². The average Bonchev–Trinajstić information content (AvgIpc) is 3.18. The van der Waals surface area contributed by atoms with Crippen LogP contribution in [0.4, 0.5) is 0 Å². The van der Waals surface area contributed by atoms with Crippen LogP contribution in [-0.2, 0) is 4.43 Å². The molecular weight excluding hydrogens is 264 g/mol. The molecule has 0 heterocycles. The molecule has 1 aliphatic rings. The van der Waals surface area contributed by atoms with E-state index in [1.165, 1.54) is 18.4 Å². The van der Waals surface area contributed by atoms with E-state index in [1.54, 1.807) is 0 Å². The van der Waals surface area contributed by atoms with Crippen LogP contribution in [0.1, 0.15) is 45.1 Å². The Bertz CT molecular complexity index is 427. The van der Waals surface area contributed by atoms with Gasteiger partial charge in [0.25, 0.3) is 0 Å². The lowest BCUT2D eigenvalue weighted by Gasteiger charge is -2.36. The number of rotatable bonds is 6. The van der Waals surface area contributed by atoms with E-state index in [0.29, 0.717) is 13.2 Å². The molecule has 0 N–H and O–H groups in total.